The van der Waals surface area contributed by atoms with Gasteiger partial charge in [-0.3, -0.25) is 4.21 Å². The first-order chi connectivity index (χ1) is 15.6. The Morgan fingerprint density at radius 2 is 1.71 bits per heavy atom. The van der Waals surface area contributed by atoms with Gasteiger partial charge in [-0.05, 0) is 106 Å². The van der Waals surface area contributed by atoms with Crippen molar-refractivity contribution >= 4 is 10.8 Å². The molecule has 200 valence electrons. The minimum atomic E-state index is -0.650. The number of hydrogen-bond donors (Lipinski definition) is 4. The Morgan fingerprint density at radius 3 is 2.41 bits per heavy atom. The molecular formula is C28H56N4OS. The standard InChI is InChI=1S/C28H53N3OS.H3N/c1-5-33(32)20-14-22(31-4)10-8-9-21-11-12-23-25(21,2)17-13-24-26(3)15-6-7-16-27(26,29)18-19-28(23,24)30;/h21-24,31H,5-20,29-30H2,1-4H3;1H3. The van der Waals surface area contributed by atoms with Crippen LogP contribution in [0.4, 0.5) is 0 Å². The van der Waals surface area contributed by atoms with Gasteiger partial charge in [0.05, 0.1) is 0 Å². The van der Waals surface area contributed by atoms with Crippen LogP contribution in [0.5, 0.6) is 0 Å². The number of fused-ring (bicyclic) bond motifs is 5. The van der Waals surface area contributed by atoms with E-state index in [1.807, 2.05) is 6.92 Å². The van der Waals surface area contributed by atoms with Gasteiger partial charge in [-0.1, -0.05) is 40.0 Å². The average Bonchev–Trinajstić information content (AvgIpc) is 3.14. The van der Waals surface area contributed by atoms with Gasteiger partial charge in [-0.25, -0.2) is 0 Å². The first-order valence-electron chi connectivity index (χ1n) is 14.2. The number of hydrogen-bond acceptors (Lipinski definition) is 5. The summed E-state index contributed by atoms with van der Waals surface area (Å²) >= 11 is 0. The maximum atomic E-state index is 11.9. The van der Waals surface area contributed by atoms with Crippen LogP contribution >= 0.6 is 0 Å². The molecule has 9 atom stereocenters. The Hall–Kier alpha value is -0.0100. The molecule has 0 amide bonds. The lowest BCUT2D eigenvalue weighted by Crippen LogP contribution is -2.74. The maximum Gasteiger partial charge on any atom is 0.0249 e. The van der Waals surface area contributed by atoms with Crippen LogP contribution in [0.25, 0.3) is 0 Å². The van der Waals surface area contributed by atoms with Crippen molar-refractivity contribution in [3.8, 4) is 0 Å². The molecule has 4 saturated carbocycles. The second-order valence-electron chi connectivity index (χ2n) is 13.0. The SMILES string of the molecule is CCS(=O)CCC(CCCC1CCC2C1(C)CCC1C2(N)CCC2(N)CCCCC12C)NC.N. The molecule has 9 unspecified atom stereocenters. The zero-order valence-electron chi connectivity index (χ0n) is 22.8. The van der Waals surface area contributed by atoms with Crippen molar-refractivity contribution in [2.45, 2.75) is 128 Å². The second-order valence-corrected chi connectivity index (χ2v) is 14.8. The molecule has 0 bridgehead atoms. The summed E-state index contributed by atoms with van der Waals surface area (Å²) in [4.78, 5) is 0. The molecule has 4 rings (SSSR count). The number of nitrogens with two attached hydrogens (primary N) is 2. The predicted octanol–water partition coefficient (Wildman–Crippen LogP) is 5.28. The average molecular weight is 497 g/mol. The van der Waals surface area contributed by atoms with Gasteiger partial charge in [0.2, 0.25) is 0 Å². The first-order valence-corrected chi connectivity index (χ1v) is 15.7. The van der Waals surface area contributed by atoms with Gasteiger partial charge in [0.1, 0.15) is 0 Å². The molecule has 0 aromatic carbocycles. The largest absolute Gasteiger partial charge is 0.344 e. The van der Waals surface area contributed by atoms with E-state index in [2.05, 4.69) is 26.2 Å². The molecule has 34 heavy (non-hydrogen) atoms. The molecule has 4 fully saturated rings. The van der Waals surface area contributed by atoms with Crippen LogP contribution in [-0.2, 0) is 10.8 Å². The smallest absolute Gasteiger partial charge is 0.0249 e. The number of rotatable bonds is 9. The van der Waals surface area contributed by atoms with Gasteiger partial charge in [0, 0.05) is 39.4 Å². The molecule has 8 N–H and O–H groups in total. The van der Waals surface area contributed by atoms with Gasteiger partial charge in [-0.2, -0.15) is 0 Å². The summed E-state index contributed by atoms with van der Waals surface area (Å²) in [6.45, 7) is 7.15. The summed E-state index contributed by atoms with van der Waals surface area (Å²) in [6.07, 6.45) is 17.6. The fraction of sp³-hybridized carbons (Fsp3) is 1.00. The normalized spacial score (nSPS) is 45.4. The Morgan fingerprint density at radius 1 is 0.971 bits per heavy atom. The molecule has 0 spiro atoms. The first kappa shape index (κ1) is 28.6. The van der Waals surface area contributed by atoms with Gasteiger partial charge in [0.25, 0.3) is 0 Å². The highest BCUT2D eigenvalue weighted by atomic mass is 32.2. The highest BCUT2D eigenvalue weighted by Gasteiger charge is 2.67. The van der Waals surface area contributed by atoms with Crippen LogP contribution in [0.2, 0.25) is 0 Å². The quantitative estimate of drug-likeness (QED) is 0.347. The van der Waals surface area contributed by atoms with Gasteiger partial charge < -0.3 is 22.9 Å². The van der Waals surface area contributed by atoms with E-state index >= 15 is 0 Å². The van der Waals surface area contributed by atoms with Gasteiger partial charge >= 0.3 is 0 Å². The summed E-state index contributed by atoms with van der Waals surface area (Å²) in [7, 11) is 1.42. The fourth-order valence-electron chi connectivity index (χ4n) is 9.57. The van der Waals surface area contributed by atoms with E-state index in [1.54, 1.807) is 0 Å². The summed E-state index contributed by atoms with van der Waals surface area (Å²) in [6, 6.07) is 0.504. The molecule has 0 aliphatic heterocycles. The van der Waals surface area contributed by atoms with Crippen molar-refractivity contribution in [2.75, 3.05) is 18.6 Å². The molecule has 4 aliphatic carbocycles. The third-order valence-corrected chi connectivity index (χ3v) is 13.1. The van der Waals surface area contributed by atoms with Crippen molar-refractivity contribution < 1.29 is 4.21 Å². The third kappa shape index (κ3) is 4.68. The zero-order valence-corrected chi connectivity index (χ0v) is 23.6. The number of nitrogens with one attached hydrogen (secondary N) is 1. The Labute approximate surface area is 212 Å². The van der Waals surface area contributed by atoms with E-state index in [1.165, 1.54) is 70.6 Å². The summed E-state index contributed by atoms with van der Waals surface area (Å²) in [5.74, 6) is 3.71. The van der Waals surface area contributed by atoms with E-state index in [-0.39, 0.29) is 22.6 Å². The van der Waals surface area contributed by atoms with E-state index in [0.717, 1.165) is 36.7 Å². The molecule has 0 heterocycles. The van der Waals surface area contributed by atoms with E-state index in [4.69, 9.17) is 11.5 Å². The third-order valence-electron chi connectivity index (χ3n) is 11.8. The van der Waals surface area contributed by atoms with E-state index in [0.29, 0.717) is 23.3 Å². The van der Waals surface area contributed by atoms with Crippen LogP contribution in [0.1, 0.15) is 111 Å². The minimum absolute atomic E-state index is 0. The lowest BCUT2D eigenvalue weighted by atomic mass is 9.40. The molecule has 5 nitrogen and oxygen atoms in total. The van der Waals surface area contributed by atoms with Crippen molar-refractivity contribution in [1.29, 1.82) is 0 Å². The molecule has 6 heteroatoms. The summed E-state index contributed by atoms with van der Waals surface area (Å²) in [5, 5.41) is 3.48. The second kappa shape index (κ2) is 10.8. The molecular weight excluding hydrogens is 440 g/mol. The topological polar surface area (TPSA) is 116 Å². The van der Waals surface area contributed by atoms with Crippen molar-refractivity contribution in [2.24, 2.45) is 40.1 Å². The highest BCUT2D eigenvalue weighted by Crippen LogP contribution is 2.69. The lowest BCUT2D eigenvalue weighted by molar-refractivity contribution is -0.136. The minimum Gasteiger partial charge on any atom is -0.344 e. The van der Waals surface area contributed by atoms with E-state index in [9.17, 15) is 4.21 Å². The van der Waals surface area contributed by atoms with Crippen molar-refractivity contribution in [1.82, 2.24) is 11.5 Å². The Balaban J connectivity index is 0.00000324. The maximum absolute atomic E-state index is 11.9. The zero-order chi connectivity index (χ0) is 23.9. The van der Waals surface area contributed by atoms with Crippen LogP contribution in [-0.4, -0.2) is 39.9 Å². The van der Waals surface area contributed by atoms with Gasteiger partial charge in [0.15, 0.2) is 0 Å². The predicted molar refractivity (Wildman–Crippen MR) is 147 cm³/mol. The van der Waals surface area contributed by atoms with Crippen LogP contribution < -0.4 is 22.9 Å². The van der Waals surface area contributed by atoms with Crippen molar-refractivity contribution in [3.63, 3.8) is 0 Å². The molecule has 0 aromatic rings. The molecule has 0 radical (unpaired) electrons. The monoisotopic (exact) mass is 496 g/mol. The lowest BCUT2D eigenvalue weighted by Gasteiger charge is -2.68. The van der Waals surface area contributed by atoms with Crippen LogP contribution in [0.15, 0.2) is 0 Å². The fourth-order valence-corrected chi connectivity index (χ4v) is 10.4. The molecule has 0 saturated heterocycles. The summed E-state index contributed by atoms with van der Waals surface area (Å²) < 4.78 is 11.9. The van der Waals surface area contributed by atoms with Gasteiger partial charge in [-0.15, -0.1) is 0 Å². The molecule has 4 aliphatic rings. The Bertz CT molecular complexity index is 721. The summed E-state index contributed by atoms with van der Waals surface area (Å²) in [5.41, 5.74) is 15.3. The highest BCUT2D eigenvalue weighted by molar-refractivity contribution is 7.84. The van der Waals surface area contributed by atoms with Crippen molar-refractivity contribution in [3.05, 3.63) is 0 Å². The van der Waals surface area contributed by atoms with Crippen LogP contribution in [0, 0.1) is 28.6 Å². The Kier molecular flexibility index (Phi) is 9.05. The van der Waals surface area contributed by atoms with Crippen LogP contribution in [0.3, 0.4) is 0 Å². The van der Waals surface area contributed by atoms with E-state index < -0.39 is 10.8 Å². The molecule has 0 aromatic heterocycles.